The first-order valence-electron chi connectivity index (χ1n) is 6.74. The zero-order valence-electron chi connectivity index (χ0n) is 12.3. The van der Waals surface area contributed by atoms with Gasteiger partial charge >= 0.3 is 6.18 Å². The van der Waals surface area contributed by atoms with Crippen molar-refractivity contribution in [3.63, 3.8) is 0 Å². The molecule has 1 atom stereocenters. The number of halogens is 7. The first-order valence-corrected chi connectivity index (χ1v) is 7.88. The van der Waals surface area contributed by atoms with Gasteiger partial charge in [-0.25, -0.2) is 4.39 Å². The van der Waals surface area contributed by atoms with Crippen molar-refractivity contribution in [2.24, 2.45) is 0 Å². The summed E-state index contributed by atoms with van der Waals surface area (Å²) in [6.45, 7) is 1.71. The molecule has 2 rings (SSSR count). The molecule has 0 aromatic heterocycles. The van der Waals surface area contributed by atoms with Crippen LogP contribution in [0.5, 0.6) is 0 Å². The summed E-state index contributed by atoms with van der Waals surface area (Å²) in [6.07, 6.45) is -4.22. The van der Waals surface area contributed by atoms with Gasteiger partial charge in [0.15, 0.2) is 0 Å². The van der Waals surface area contributed by atoms with Gasteiger partial charge in [0.25, 0.3) is 0 Å². The quantitative estimate of drug-likeness (QED) is 0.467. The minimum Gasteiger partial charge on any atom is -0.207 e. The summed E-state index contributed by atoms with van der Waals surface area (Å²) in [5.74, 6) is -3.22. The molecule has 0 aliphatic carbocycles. The fourth-order valence-electron chi connectivity index (χ4n) is 2.12. The topological polar surface area (TPSA) is 0 Å². The van der Waals surface area contributed by atoms with E-state index < -0.39 is 17.9 Å². The van der Waals surface area contributed by atoms with E-state index in [1.54, 1.807) is 6.92 Å². The summed E-state index contributed by atoms with van der Waals surface area (Å²) in [6, 6.07) is 7.70. The summed E-state index contributed by atoms with van der Waals surface area (Å²) in [7, 11) is 0. The van der Waals surface area contributed by atoms with Gasteiger partial charge < -0.3 is 0 Å². The number of hydrogen-bond acceptors (Lipinski definition) is 0. The Morgan fingerprint density at radius 1 is 1.00 bits per heavy atom. The van der Waals surface area contributed by atoms with Crippen molar-refractivity contribution in [2.75, 3.05) is 0 Å². The number of hydrogen-bond donors (Lipinski definition) is 0. The molecule has 1 unspecified atom stereocenters. The van der Waals surface area contributed by atoms with E-state index in [0.29, 0.717) is 11.6 Å². The van der Waals surface area contributed by atoms with E-state index in [2.05, 4.69) is 0 Å². The third kappa shape index (κ3) is 4.65. The van der Waals surface area contributed by atoms with Crippen LogP contribution in [0.4, 0.5) is 17.6 Å². The minimum atomic E-state index is -4.71. The summed E-state index contributed by atoms with van der Waals surface area (Å²) in [5, 5.41) is 0.350. The second-order valence-electron chi connectivity index (χ2n) is 5.20. The summed E-state index contributed by atoms with van der Waals surface area (Å²) < 4.78 is 54.4. The Morgan fingerprint density at radius 2 is 1.58 bits per heavy atom. The average Bonchev–Trinajstić information content (AvgIpc) is 2.45. The monoisotopic (exact) mass is 396 g/mol. The molecule has 24 heavy (non-hydrogen) atoms. The standard InChI is InChI=1S/C17H11Cl3F4/c1-9-2-3-10(6-15(9)20)16(21)8-14(17(22,23)24)11-4-12(18)7-13(19)5-11/h2-8,14H,1H3/b16-8-. The van der Waals surface area contributed by atoms with Crippen molar-refractivity contribution < 1.29 is 17.6 Å². The zero-order valence-corrected chi connectivity index (χ0v) is 14.5. The Morgan fingerprint density at radius 3 is 2.08 bits per heavy atom. The highest BCUT2D eigenvalue weighted by atomic mass is 35.5. The van der Waals surface area contributed by atoms with E-state index in [0.717, 1.165) is 12.1 Å². The SMILES string of the molecule is Cc1ccc(/C(F)=C/C(c2cc(Cl)cc(Cl)c2)C(F)(F)F)cc1Cl. The number of rotatable bonds is 3. The second-order valence-corrected chi connectivity index (χ2v) is 6.48. The van der Waals surface area contributed by atoms with Crippen molar-refractivity contribution >= 4 is 40.6 Å². The van der Waals surface area contributed by atoms with Crippen LogP contribution in [0.1, 0.15) is 22.6 Å². The summed E-state index contributed by atoms with van der Waals surface area (Å²) in [4.78, 5) is 0. The third-order valence-corrected chi connectivity index (χ3v) is 4.20. The minimum absolute atomic E-state index is 0.0343. The normalized spacial score (nSPS) is 13.9. The molecular formula is C17H11Cl3F4. The predicted molar refractivity (Wildman–Crippen MR) is 90.5 cm³/mol. The molecule has 0 spiro atoms. The van der Waals surface area contributed by atoms with Crippen LogP contribution in [0.2, 0.25) is 15.1 Å². The third-order valence-electron chi connectivity index (χ3n) is 3.36. The maximum atomic E-state index is 14.4. The maximum Gasteiger partial charge on any atom is 0.399 e. The Bertz CT molecular complexity index is 762. The molecule has 0 radical (unpaired) electrons. The molecule has 0 saturated heterocycles. The number of allylic oxidation sites excluding steroid dienone is 1. The molecule has 0 saturated carbocycles. The molecule has 2 aromatic carbocycles. The van der Waals surface area contributed by atoms with E-state index in [1.807, 2.05) is 0 Å². The summed E-state index contributed by atoms with van der Waals surface area (Å²) >= 11 is 17.4. The van der Waals surface area contributed by atoms with Crippen molar-refractivity contribution in [2.45, 2.75) is 19.0 Å². The Labute approximate surface area is 151 Å². The molecule has 0 amide bonds. The maximum absolute atomic E-state index is 14.4. The highest BCUT2D eigenvalue weighted by Crippen LogP contribution is 2.40. The molecule has 0 N–H and O–H groups in total. The van der Waals surface area contributed by atoms with E-state index >= 15 is 0 Å². The smallest absolute Gasteiger partial charge is 0.207 e. The fourth-order valence-corrected chi connectivity index (χ4v) is 2.84. The highest BCUT2D eigenvalue weighted by molar-refractivity contribution is 6.34. The van der Waals surface area contributed by atoms with Gasteiger partial charge in [-0.1, -0.05) is 46.9 Å². The lowest BCUT2D eigenvalue weighted by Gasteiger charge is -2.18. The Kier molecular flexibility index (Phi) is 5.84. The Hall–Kier alpha value is -1.23. The molecule has 0 aliphatic rings. The lowest BCUT2D eigenvalue weighted by atomic mass is 9.96. The molecule has 0 aliphatic heterocycles. The zero-order chi connectivity index (χ0) is 18.1. The average molecular weight is 398 g/mol. The van der Waals surface area contributed by atoms with Gasteiger partial charge in [-0.15, -0.1) is 0 Å². The van der Waals surface area contributed by atoms with E-state index in [1.165, 1.54) is 24.3 Å². The van der Waals surface area contributed by atoms with Gasteiger partial charge in [-0.3, -0.25) is 0 Å². The molecule has 0 nitrogen and oxygen atoms in total. The van der Waals surface area contributed by atoms with Gasteiger partial charge in [-0.05, 0) is 48.4 Å². The molecule has 0 heterocycles. The molecule has 0 bridgehead atoms. The lowest BCUT2D eigenvalue weighted by molar-refractivity contribution is -0.139. The van der Waals surface area contributed by atoms with Crippen LogP contribution < -0.4 is 0 Å². The van der Waals surface area contributed by atoms with Crippen LogP contribution in [0.15, 0.2) is 42.5 Å². The lowest BCUT2D eigenvalue weighted by Crippen LogP contribution is -2.19. The van der Waals surface area contributed by atoms with E-state index in [9.17, 15) is 17.6 Å². The number of aryl methyl sites for hydroxylation is 1. The van der Waals surface area contributed by atoms with Crippen LogP contribution in [0, 0.1) is 6.92 Å². The van der Waals surface area contributed by atoms with Gasteiger partial charge in [0.05, 0.1) is 0 Å². The number of benzene rings is 2. The van der Waals surface area contributed by atoms with Crippen LogP contribution in [0.3, 0.4) is 0 Å². The summed E-state index contributed by atoms with van der Waals surface area (Å²) in [5.41, 5.74) is 0.420. The van der Waals surface area contributed by atoms with E-state index in [4.69, 9.17) is 34.8 Å². The van der Waals surface area contributed by atoms with Crippen molar-refractivity contribution in [1.29, 1.82) is 0 Å². The van der Waals surface area contributed by atoms with E-state index in [-0.39, 0.29) is 26.2 Å². The molecule has 128 valence electrons. The molecule has 0 fully saturated rings. The Balaban J connectivity index is 2.50. The first-order chi connectivity index (χ1) is 11.1. The van der Waals surface area contributed by atoms with Crippen LogP contribution in [-0.4, -0.2) is 6.18 Å². The van der Waals surface area contributed by atoms with Crippen molar-refractivity contribution in [3.05, 3.63) is 74.2 Å². The van der Waals surface area contributed by atoms with Crippen LogP contribution in [-0.2, 0) is 0 Å². The van der Waals surface area contributed by atoms with Gasteiger partial charge in [0.2, 0.25) is 0 Å². The van der Waals surface area contributed by atoms with Crippen LogP contribution in [0.25, 0.3) is 5.83 Å². The fraction of sp³-hybridized carbons (Fsp3) is 0.176. The highest BCUT2D eigenvalue weighted by Gasteiger charge is 2.40. The second kappa shape index (κ2) is 7.34. The largest absolute Gasteiger partial charge is 0.399 e. The number of alkyl halides is 3. The molecule has 2 aromatic rings. The first kappa shape index (κ1) is 19.1. The van der Waals surface area contributed by atoms with Crippen molar-refractivity contribution in [3.8, 4) is 0 Å². The molecular weight excluding hydrogens is 387 g/mol. The predicted octanol–water partition coefficient (Wildman–Crippen LogP) is 7.61. The van der Waals surface area contributed by atoms with Gasteiger partial charge in [0, 0.05) is 20.6 Å². The molecule has 7 heteroatoms. The van der Waals surface area contributed by atoms with Crippen LogP contribution >= 0.6 is 34.8 Å². The van der Waals surface area contributed by atoms with Crippen molar-refractivity contribution in [1.82, 2.24) is 0 Å². The van der Waals surface area contributed by atoms with Gasteiger partial charge in [0.1, 0.15) is 11.7 Å². The van der Waals surface area contributed by atoms with Gasteiger partial charge in [-0.2, -0.15) is 13.2 Å².